The van der Waals surface area contributed by atoms with Gasteiger partial charge in [0.1, 0.15) is 5.82 Å². The highest BCUT2D eigenvalue weighted by Gasteiger charge is 2.06. The minimum atomic E-state index is -1.00. The summed E-state index contributed by atoms with van der Waals surface area (Å²) in [7, 11) is 0. The fraction of sp³-hybridized carbons (Fsp3) is 0. The summed E-state index contributed by atoms with van der Waals surface area (Å²) in [4.78, 5) is 21.1. The van der Waals surface area contributed by atoms with Crippen molar-refractivity contribution in [1.82, 2.24) is 5.32 Å². The van der Waals surface area contributed by atoms with Crippen molar-refractivity contribution in [2.24, 2.45) is 5.73 Å². The summed E-state index contributed by atoms with van der Waals surface area (Å²) in [6.07, 6.45) is 0. The molecule has 0 radical (unpaired) electrons. The molecule has 4 amide bonds. The molecule has 1 aromatic carbocycles. The van der Waals surface area contributed by atoms with Crippen LogP contribution in [-0.4, -0.2) is 12.1 Å². The predicted octanol–water partition coefficient (Wildman–Crippen LogP) is 1.03. The lowest BCUT2D eigenvalue weighted by molar-refractivity contribution is 0.238. The molecule has 0 spiro atoms. The van der Waals surface area contributed by atoms with E-state index in [0.29, 0.717) is 0 Å². The molecule has 0 saturated carbocycles. The number of rotatable bonds is 1. The second-order valence-corrected chi connectivity index (χ2v) is 2.42. The number of nitrogens with one attached hydrogen (secondary N) is 2. The summed E-state index contributed by atoms with van der Waals surface area (Å²) in [5, 5.41) is 3.86. The number of nitrogens with two attached hydrogens (primary N) is 1. The quantitative estimate of drug-likeness (QED) is 0.628. The Hall–Kier alpha value is -2.11. The summed E-state index contributed by atoms with van der Waals surface area (Å²) in [5.74, 6) is -0.591. The maximum absolute atomic E-state index is 12.9. The van der Waals surface area contributed by atoms with Crippen LogP contribution in [0.4, 0.5) is 19.7 Å². The van der Waals surface area contributed by atoms with Gasteiger partial charge in [0.15, 0.2) is 0 Å². The molecule has 0 atom stereocenters. The van der Waals surface area contributed by atoms with Gasteiger partial charge in [-0.1, -0.05) is 12.1 Å². The van der Waals surface area contributed by atoms with Crippen LogP contribution in [0.3, 0.4) is 0 Å². The highest BCUT2D eigenvalue weighted by molar-refractivity contribution is 6.00. The first kappa shape index (κ1) is 9.97. The zero-order valence-electron chi connectivity index (χ0n) is 7.08. The number of carbonyl (C=O) groups is 2. The minimum absolute atomic E-state index is 0.0220. The number of halogens is 1. The van der Waals surface area contributed by atoms with Gasteiger partial charge in [0.05, 0.1) is 5.69 Å². The third-order valence-electron chi connectivity index (χ3n) is 1.36. The summed E-state index contributed by atoms with van der Waals surface area (Å²) in [6, 6.07) is 3.69. The standard InChI is InChI=1S/C8H8FN3O2/c9-5-3-1-2-4-6(5)11-8(14)12-7(10)13/h1-4H,(H4,10,11,12,13,14). The van der Waals surface area contributed by atoms with E-state index in [4.69, 9.17) is 0 Å². The first-order valence-corrected chi connectivity index (χ1v) is 3.71. The SMILES string of the molecule is NC(=O)NC(=O)Nc1ccccc1F. The van der Waals surface area contributed by atoms with Crippen LogP contribution in [-0.2, 0) is 0 Å². The summed E-state index contributed by atoms with van der Waals surface area (Å²) < 4.78 is 12.9. The number of carbonyl (C=O) groups excluding carboxylic acids is 2. The molecule has 1 rings (SSSR count). The Balaban J connectivity index is 2.65. The molecule has 6 heteroatoms. The Morgan fingerprint density at radius 1 is 1.29 bits per heavy atom. The number of primary amides is 1. The highest BCUT2D eigenvalue weighted by atomic mass is 19.1. The van der Waals surface area contributed by atoms with E-state index in [1.807, 2.05) is 0 Å². The lowest BCUT2D eigenvalue weighted by atomic mass is 10.3. The van der Waals surface area contributed by atoms with Crippen LogP contribution in [0.1, 0.15) is 0 Å². The number of hydrogen-bond donors (Lipinski definition) is 3. The molecule has 0 unspecified atom stereocenters. The smallest absolute Gasteiger partial charge is 0.327 e. The number of anilines is 1. The van der Waals surface area contributed by atoms with Gasteiger partial charge in [-0.15, -0.1) is 0 Å². The molecule has 0 saturated heterocycles. The Morgan fingerprint density at radius 2 is 1.93 bits per heavy atom. The normalized spacial score (nSPS) is 9.21. The van der Waals surface area contributed by atoms with E-state index in [1.165, 1.54) is 18.2 Å². The van der Waals surface area contributed by atoms with Gasteiger partial charge in [0.25, 0.3) is 0 Å². The van der Waals surface area contributed by atoms with E-state index in [2.05, 4.69) is 11.1 Å². The molecule has 0 heterocycles. The number of hydrogen-bond acceptors (Lipinski definition) is 2. The van der Waals surface area contributed by atoms with Crippen molar-refractivity contribution in [2.45, 2.75) is 0 Å². The molecule has 0 fully saturated rings. The van der Waals surface area contributed by atoms with Gasteiger partial charge in [-0.05, 0) is 12.1 Å². The van der Waals surface area contributed by atoms with Gasteiger partial charge in [0, 0.05) is 0 Å². The van der Waals surface area contributed by atoms with E-state index in [9.17, 15) is 14.0 Å². The molecule has 4 N–H and O–H groups in total. The molecule has 74 valence electrons. The summed E-state index contributed by atoms with van der Waals surface area (Å²) >= 11 is 0. The van der Waals surface area contributed by atoms with Crippen molar-refractivity contribution in [1.29, 1.82) is 0 Å². The second-order valence-electron chi connectivity index (χ2n) is 2.42. The fourth-order valence-corrected chi connectivity index (χ4v) is 0.828. The van der Waals surface area contributed by atoms with Crippen molar-refractivity contribution in [3.63, 3.8) is 0 Å². The second kappa shape index (κ2) is 4.22. The van der Waals surface area contributed by atoms with Crippen molar-refractivity contribution in [3.05, 3.63) is 30.1 Å². The van der Waals surface area contributed by atoms with Gasteiger partial charge < -0.3 is 11.1 Å². The van der Waals surface area contributed by atoms with Gasteiger partial charge in [-0.25, -0.2) is 14.0 Å². The largest absolute Gasteiger partial charge is 0.351 e. The van der Waals surface area contributed by atoms with E-state index < -0.39 is 17.9 Å². The van der Waals surface area contributed by atoms with Crippen molar-refractivity contribution in [2.75, 3.05) is 5.32 Å². The Morgan fingerprint density at radius 3 is 2.50 bits per heavy atom. The first-order chi connectivity index (χ1) is 6.59. The maximum atomic E-state index is 12.9. The zero-order valence-corrected chi connectivity index (χ0v) is 7.08. The predicted molar refractivity (Wildman–Crippen MR) is 48.1 cm³/mol. The van der Waals surface area contributed by atoms with Crippen LogP contribution < -0.4 is 16.4 Å². The van der Waals surface area contributed by atoms with Crippen LogP contribution in [0, 0.1) is 5.82 Å². The highest BCUT2D eigenvalue weighted by Crippen LogP contribution is 2.11. The maximum Gasteiger partial charge on any atom is 0.327 e. The monoisotopic (exact) mass is 197 g/mol. The Labute approximate surface area is 79.1 Å². The topological polar surface area (TPSA) is 84.2 Å². The summed E-state index contributed by atoms with van der Waals surface area (Å²) in [5.41, 5.74) is 4.66. The van der Waals surface area contributed by atoms with Crippen molar-refractivity contribution >= 4 is 17.7 Å². The molecule has 0 aliphatic heterocycles. The Bertz CT molecular complexity index is 367. The van der Waals surface area contributed by atoms with Gasteiger partial charge in [-0.2, -0.15) is 0 Å². The molecular weight excluding hydrogens is 189 g/mol. The number of benzene rings is 1. The van der Waals surface area contributed by atoms with Gasteiger partial charge in [0.2, 0.25) is 0 Å². The van der Waals surface area contributed by atoms with Crippen molar-refractivity contribution in [3.8, 4) is 0 Å². The Kier molecular flexibility index (Phi) is 3.01. The molecule has 1 aromatic rings. The van der Waals surface area contributed by atoms with Gasteiger partial charge >= 0.3 is 12.1 Å². The lowest BCUT2D eigenvalue weighted by Crippen LogP contribution is -2.38. The van der Waals surface area contributed by atoms with Gasteiger partial charge in [-0.3, -0.25) is 5.32 Å². The molecular formula is C8H8FN3O2. The third kappa shape index (κ3) is 2.74. The van der Waals surface area contributed by atoms with E-state index in [-0.39, 0.29) is 5.69 Å². The van der Waals surface area contributed by atoms with Crippen molar-refractivity contribution < 1.29 is 14.0 Å². The molecule has 0 aliphatic carbocycles. The molecule has 0 bridgehead atoms. The van der Waals surface area contributed by atoms with Crippen LogP contribution in [0.5, 0.6) is 0 Å². The molecule has 5 nitrogen and oxygen atoms in total. The van der Waals surface area contributed by atoms with Crippen LogP contribution in [0.15, 0.2) is 24.3 Å². The minimum Gasteiger partial charge on any atom is -0.351 e. The average Bonchev–Trinajstić information content (AvgIpc) is 2.07. The molecule has 14 heavy (non-hydrogen) atoms. The third-order valence-corrected chi connectivity index (χ3v) is 1.36. The first-order valence-electron chi connectivity index (χ1n) is 3.71. The van der Waals surface area contributed by atoms with E-state index in [0.717, 1.165) is 0 Å². The van der Waals surface area contributed by atoms with Crippen LogP contribution in [0.25, 0.3) is 0 Å². The fourth-order valence-electron chi connectivity index (χ4n) is 0.828. The number of urea groups is 2. The number of amides is 4. The van der Waals surface area contributed by atoms with Crippen LogP contribution in [0.2, 0.25) is 0 Å². The van der Waals surface area contributed by atoms with E-state index >= 15 is 0 Å². The molecule has 0 aliphatic rings. The van der Waals surface area contributed by atoms with Crippen LogP contribution >= 0.6 is 0 Å². The average molecular weight is 197 g/mol. The molecule has 0 aromatic heterocycles. The van der Waals surface area contributed by atoms with E-state index in [1.54, 1.807) is 11.4 Å². The lowest BCUT2D eigenvalue weighted by Gasteiger charge is -2.04. The zero-order chi connectivity index (χ0) is 10.6. The number of imide groups is 1. The summed E-state index contributed by atoms with van der Waals surface area (Å²) in [6.45, 7) is 0. The number of para-hydroxylation sites is 1.